The maximum atomic E-state index is 13.9. The largest absolute Gasteiger partial charge is 0.467 e. The summed E-state index contributed by atoms with van der Waals surface area (Å²) in [4.78, 5) is 39.7. The molecule has 0 aromatic heterocycles. The Bertz CT molecular complexity index is 1340. The molecule has 1 aliphatic rings. The minimum Gasteiger partial charge on any atom is -0.467 e. The summed E-state index contributed by atoms with van der Waals surface area (Å²) < 4.78 is 44.7. The quantitative estimate of drug-likeness (QED) is 0.356. The van der Waals surface area contributed by atoms with Gasteiger partial charge in [-0.05, 0) is 35.4 Å². The van der Waals surface area contributed by atoms with Crippen molar-refractivity contribution in [1.29, 1.82) is 0 Å². The fourth-order valence-corrected chi connectivity index (χ4v) is 4.32. The molecule has 1 heterocycles. The van der Waals surface area contributed by atoms with Crippen LogP contribution < -0.4 is 5.01 Å². The van der Waals surface area contributed by atoms with E-state index in [-0.39, 0.29) is 17.7 Å². The number of hydrogen-bond donors (Lipinski definition) is 0. The molecule has 1 unspecified atom stereocenters. The Balaban J connectivity index is 2.03. The first-order chi connectivity index (χ1) is 17.6. The van der Waals surface area contributed by atoms with Crippen molar-refractivity contribution in [1.82, 2.24) is 5.01 Å². The Morgan fingerprint density at radius 1 is 0.892 bits per heavy atom. The van der Waals surface area contributed by atoms with Gasteiger partial charge in [0.2, 0.25) is 17.7 Å². The number of benzene rings is 3. The summed E-state index contributed by atoms with van der Waals surface area (Å²) in [6, 6.07) is 20.2. The van der Waals surface area contributed by atoms with Gasteiger partial charge < -0.3 is 4.74 Å². The number of Topliss-reactive ketones (excluding diaryl/α,β-unsaturated/α-hetero) is 1. The summed E-state index contributed by atoms with van der Waals surface area (Å²) in [5, 5.41) is 2.29. The molecular formula is C28H23F3N2O4. The van der Waals surface area contributed by atoms with Crippen molar-refractivity contribution in [2.45, 2.75) is 25.6 Å². The van der Waals surface area contributed by atoms with E-state index in [0.29, 0.717) is 11.3 Å². The van der Waals surface area contributed by atoms with Gasteiger partial charge in [-0.25, -0.2) is 9.80 Å². The number of methoxy groups -OCH3 is 1. The Morgan fingerprint density at radius 3 is 1.97 bits per heavy atom. The van der Waals surface area contributed by atoms with E-state index in [1.165, 1.54) is 24.1 Å². The molecule has 6 nitrogen and oxygen atoms in total. The molecule has 1 amide bonds. The summed E-state index contributed by atoms with van der Waals surface area (Å²) in [6.07, 6.45) is -4.42. The zero-order valence-corrected chi connectivity index (χ0v) is 20.0. The number of amides is 1. The Morgan fingerprint density at radius 2 is 1.46 bits per heavy atom. The third-order valence-corrected chi connectivity index (χ3v) is 5.96. The van der Waals surface area contributed by atoms with Gasteiger partial charge in [-0.2, -0.15) is 13.2 Å². The zero-order valence-electron chi connectivity index (χ0n) is 20.0. The number of hydrazine groups is 1. The van der Waals surface area contributed by atoms with Gasteiger partial charge in [-0.15, -0.1) is 0 Å². The summed E-state index contributed by atoms with van der Waals surface area (Å²) in [5.41, 5.74) is 1.07. The second-order valence-electron chi connectivity index (χ2n) is 8.36. The molecule has 3 aromatic rings. The number of esters is 1. The van der Waals surface area contributed by atoms with Crippen LogP contribution in [0.1, 0.15) is 23.6 Å². The average molecular weight is 508 g/mol. The third-order valence-electron chi connectivity index (χ3n) is 5.96. The first-order valence-electron chi connectivity index (χ1n) is 11.3. The van der Waals surface area contributed by atoms with Gasteiger partial charge in [-0.1, -0.05) is 60.7 Å². The molecule has 0 fully saturated rings. The van der Waals surface area contributed by atoms with Crippen molar-refractivity contribution in [3.63, 3.8) is 0 Å². The number of nitrogens with zero attached hydrogens (tertiary/aromatic N) is 2. The number of rotatable bonds is 5. The molecule has 37 heavy (non-hydrogen) atoms. The number of carbonyl (C=O) groups excluding carboxylic acids is 3. The summed E-state index contributed by atoms with van der Waals surface area (Å²) in [7, 11) is 1.10. The van der Waals surface area contributed by atoms with Gasteiger partial charge >= 0.3 is 12.1 Å². The van der Waals surface area contributed by atoms with E-state index in [0.717, 1.165) is 29.8 Å². The van der Waals surface area contributed by atoms with Crippen LogP contribution in [0.15, 0.2) is 90.6 Å². The SMILES string of the molecule is COC(=O)C1C(=O)C(c2ccccc2)=C(Cc2ccccc2)N(c2ccc(C(F)(F)F)cc2)N1C(C)=O. The van der Waals surface area contributed by atoms with Crippen LogP contribution in [-0.4, -0.2) is 35.8 Å². The topological polar surface area (TPSA) is 66.9 Å². The van der Waals surface area contributed by atoms with Crippen LogP contribution in [0.4, 0.5) is 18.9 Å². The van der Waals surface area contributed by atoms with Gasteiger partial charge in [0.1, 0.15) is 0 Å². The third kappa shape index (κ3) is 5.11. The van der Waals surface area contributed by atoms with E-state index in [9.17, 15) is 27.6 Å². The minimum absolute atomic E-state index is 0.148. The molecule has 9 heteroatoms. The molecule has 3 aromatic carbocycles. The van der Waals surface area contributed by atoms with E-state index in [1.807, 2.05) is 30.3 Å². The molecule has 0 radical (unpaired) electrons. The number of ketones is 1. The Kier molecular flexibility index (Phi) is 7.15. The number of alkyl halides is 3. The van der Waals surface area contributed by atoms with E-state index in [2.05, 4.69) is 0 Å². The normalized spacial score (nSPS) is 16.1. The van der Waals surface area contributed by atoms with Gasteiger partial charge in [0.25, 0.3) is 0 Å². The molecule has 0 N–H and O–H groups in total. The number of hydrogen-bond acceptors (Lipinski definition) is 5. The molecule has 0 saturated carbocycles. The molecule has 1 aliphatic heterocycles. The van der Waals surface area contributed by atoms with Crippen LogP contribution in [0, 0.1) is 0 Å². The van der Waals surface area contributed by atoms with E-state index >= 15 is 0 Å². The lowest BCUT2D eigenvalue weighted by Gasteiger charge is -2.45. The second-order valence-corrected chi connectivity index (χ2v) is 8.36. The van der Waals surface area contributed by atoms with Crippen LogP contribution >= 0.6 is 0 Å². The van der Waals surface area contributed by atoms with Crippen molar-refractivity contribution in [3.8, 4) is 0 Å². The molecule has 0 spiro atoms. The lowest BCUT2D eigenvalue weighted by atomic mass is 9.89. The van der Waals surface area contributed by atoms with Crippen LogP contribution in [0.2, 0.25) is 0 Å². The maximum Gasteiger partial charge on any atom is 0.416 e. The van der Waals surface area contributed by atoms with Crippen LogP contribution in [0.25, 0.3) is 5.57 Å². The fraction of sp³-hybridized carbons (Fsp3) is 0.179. The van der Waals surface area contributed by atoms with Crippen LogP contribution in [-0.2, 0) is 31.7 Å². The standard InChI is InChI=1S/C28H23F3N2O4/c1-18(34)32-25(27(36)37-2)26(35)24(20-11-7-4-8-12-20)23(17-19-9-5-3-6-10-19)33(32)22-15-13-21(14-16-22)28(29,30)31/h3-16,25H,17H2,1-2H3. The highest BCUT2D eigenvalue weighted by molar-refractivity contribution is 6.31. The average Bonchev–Trinajstić information content (AvgIpc) is 2.88. The van der Waals surface area contributed by atoms with Gasteiger partial charge in [-0.3, -0.25) is 14.6 Å². The molecule has 1 atom stereocenters. The maximum absolute atomic E-state index is 13.9. The van der Waals surface area contributed by atoms with Crippen molar-refractivity contribution < 1.29 is 32.3 Å². The van der Waals surface area contributed by atoms with Gasteiger partial charge in [0.05, 0.1) is 24.1 Å². The smallest absolute Gasteiger partial charge is 0.416 e. The van der Waals surface area contributed by atoms with Crippen molar-refractivity contribution in [3.05, 3.63) is 107 Å². The van der Waals surface area contributed by atoms with Crippen LogP contribution in [0.3, 0.4) is 0 Å². The summed E-state index contributed by atoms with van der Waals surface area (Å²) >= 11 is 0. The fourth-order valence-electron chi connectivity index (χ4n) is 4.32. The molecule has 4 rings (SSSR count). The van der Waals surface area contributed by atoms with Crippen molar-refractivity contribution >= 4 is 28.9 Å². The first kappa shape index (κ1) is 25.7. The predicted octanol–water partition coefficient (Wildman–Crippen LogP) is 5.05. The van der Waals surface area contributed by atoms with Crippen molar-refractivity contribution in [2.24, 2.45) is 0 Å². The second kappa shape index (κ2) is 10.3. The molecular weight excluding hydrogens is 485 g/mol. The van der Waals surface area contributed by atoms with Gasteiger partial charge in [0, 0.05) is 18.9 Å². The Hall–Kier alpha value is -4.40. The van der Waals surface area contributed by atoms with E-state index in [4.69, 9.17) is 4.74 Å². The lowest BCUT2D eigenvalue weighted by Crippen LogP contribution is -2.61. The minimum atomic E-state index is -4.57. The molecule has 0 aliphatic carbocycles. The van der Waals surface area contributed by atoms with Crippen LogP contribution in [0.5, 0.6) is 0 Å². The highest BCUT2D eigenvalue weighted by Gasteiger charge is 2.47. The first-order valence-corrected chi connectivity index (χ1v) is 11.3. The molecule has 0 bridgehead atoms. The number of halogens is 3. The highest BCUT2D eigenvalue weighted by atomic mass is 19.4. The van der Waals surface area contributed by atoms with E-state index < -0.39 is 35.4 Å². The number of carbonyl (C=O) groups is 3. The number of allylic oxidation sites excluding steroid dienone is 1. The Labute approximate surface area is 211 Å². The monoisotopic (exact) mass is 508 g/mol. The number of anilines is 1. The molecule has 190 valence electrons. The summed E-state index contributed by atoms with van der Waals surface area (Å²) in [5.74, 6) is -2.28. The van der Waals surface area contributed by atoms with E-state index in [1.54, 1.807) is 30.3 Å². The molecule has 0 saturated heterocycles. The predicted molar refractivity (Wildman–Crippen MR) is 131 cm³/mol. The van der Waals surface area contributed by atoms with Crippen molar-refractivity contribution in [2.75, 3.05) is 12.1 Å². The summed E-state index contributed by atoms with van der Waals surface area (Å²) in [6.45, 7) is 1.17. The van der Waals surface area contributed by atoms with Gasteiger partial charge in [0.15, 0.2) is 0 Å². The zero-order chi connectivity index (χ0) is 26.7. The number of ether oxygens (including phenoxy) is 1. The highest BCUT2D eigenvalue weighted by Crippen LogP contribution is 2.39. The lowest BCUT2D eigenvalue weighted by molar-refractivity contribution is -0.155.